The van der Waals surface area contributed by atoms with Gasteiger partial charge in [-0.05, 0) is 17.9 Å². The largest absolute Gasteiger partial charge is 0.392 e. The molecule has 22 heavy (non-hydrogen) atoms. The standard InChI is InChI=1S/C15H23NO6/c1-8(7-17)9(2)14(21)15(22-3)11(18)4-10-5-12(19)16-13(20)6-10/h9-11,15,17-18H,1,4-7H2,2-3H3,(H,16,19,20). The van der Waals surface area contributed by atoms with Gasteiger partial charge in [0.05, 0.1) is 12.7 Å². The summed E-state index contributed by atoms with van der Waals surface area (Å²) in [7, 11) is 1.30. The number of piperidine rings is 1. The van der Waals surface area contributed by atoms with E-state index in [-0.39, 0.29) is 49.4 Å². The molecular formula is C15H23NO6. The molecule has 124 valence electrons. The Labute approximate surface area is 129 Å². The van der Waals surface area contributed by atoms with Gasteiger partial charge in [0.2, 0.25) is 11.8 Å². The van der Waals surface area contributed by atoms with Crippen molar-refractivity contribution in [2.45, 2.75) is 38.4 Å². The first-order valence-electron chi connectivity index (χ1n) is 7.15. The lowest BCUT2D eigenvalue weighted by Crippen LogP contribution is -2.43. The zero-order valence-electron chi connectivity index (χ0n) is 12.9. The van der Waals surface area contributed by atoms with E-state index in [1.807, 2.05) is 0 Å². The summed E-state index contributed by atoms with van der Waals surface area (Å²) in [4.78, 5) is 34.9. The highest BCUT2D eigenvalue weighted by Gasteiger charge is 2.34. The molecule has 1 rings (SSSR count). The van der Waals surface area contributed by atoms with Crippen LogP contribution in [0.3, 0.4) is 0 Å². The average molecular weight is 313 g/mol. The smallest absolute Gasteiger partial charge is 0.226 e. The molecule has 0 aliphatic carbocycles. The Morgan fingerprint density at radius 2 is 1.95 bits per heavy atom. The molecule has 0 aromatic carbocycles. The van der Waals surface area contributed by atoms with Crippen molar-refractivity contribution in [2.75, 3.05) is 13.7 Å². The molecule has 1 saturated heterocycles. The number of ketones is 1. The molecule has 1 aliphatic rings. The maximum absolute atomic E-state index is 12.3. The fraction of sp³-hybridized carbons (Fsp3) is 0.667. The van der Waals surface area contributed by atoms with Gasteiger partial charge < -0.3 is 14.9 Å². The van der Waals surface area contributed by atoms with E-state index >= 15 is 0 Å². The second-order valence-electron chi connectivity index (χ2n) is 5.65. The topological polar surface area (TPSA) is 113 Å². The van der Waals surface area contributed by atoms with Gasteiger partial charge in [-0.1, -0.05) is 13.5 Å². The lowest BCUT2D eigenvalue weighted by atomic mass is 9.86. The van der Waals surface area contributed by atoms with E-state index in [0.717, 1.165) is 0 Å². The van der Waals surface area contributed by atoms with Crippen LogP contribution in [0.15, 0.2) is 12.2 Å². The highest BCUT2D eigenvalue weighted by Crippen LogP contribution is 2.23. The Morgan fingerprint density at radius 3 is 2.41 bits per heavy atom. The average Bonchev–Trinajstić information content (AvgIpc) is 2.44. The SMILES string of the molecule is C=C(CO)C(C)C(=O)C(OC)C(O)CC1CC(=O)NC(=O)C1. The number of ether oxygens (including phenoxy) is 1. The van der Waals surface area contributed by atoms with Gasteiger partial charge in [-0.2, -0.15) is 0 Å². The third-order valence-electron chi connectivity index (χ3n) is 3.93. The van der Waals surface area contributed by atoms with E-state index in [1.54, 1.807) is 6.92 Å². The first kappa shape index (κ1) is 18.5. The molecule has 3 atom stereocenters. The summed E-state index contributed by atoms with van der Waals surface area (Å²) in [6.07, 6.45) is -1.84. The zero-order chi connectivity index (χ0) is 16.9. The van der Waals surface area contributed by atoms with Gasteiger partial charge >= 0.3 is 0 Å². The number of aliphatic hydroxyl groups excluding tert-OH is 2. The molecule has 1 aliphatic heterocycles. The molecule has 0 saturated carbocycles. The number of nitrogens with one attached hydrogen (secondary N) is 1. The van der Waals surface area contributed by atoms with Crippen LogP contribution in [-0.2, 0) is 19.1 Å². The molecular weight excluding hydrogens is 290 g/mol. The summed E-state index contributed by atoms with van der Waals surface area (Å²) in [6.45, 7) is 4.86. The van der Waals surface area contributed by atoms with Crippen LogP contribution in [0.1, 0.15) is 26.2 Å². The minimum absolute atomic E-state index is 0.113. The number of aliphatic hydroxyl groups is 2. The van der Waals surface area contributed by atoms with Gasteiger partial charge in [0, 0.05) is 25.9 Å². The molecule has 2 amide bonds. The molecule has 7 heteroatoms. The number of methoxy groups -OCH3 is 1. The number of carbonyl (C=O) groups is 3. The quantitative estimate of drug-likeness (QED) is 0.413. The predicted molar refractivity (Wildman–Crippen MR) is 77.7 cm³/mol. The number of amides is 2. The van der Waals surface area contributed by atoms with E-state index in [4.69, 9.17) is 9.84 Å². The Bertz CT molecular complexity index is 445. The number of hydrogen-bond donors (Lipinski definition) is 3. The first-order chi connectivity index (χ1) is 10.3. The second-order valence-corrected chi connectivity index (χ2v) is 5.65. The number of hydrogen-bond acceptors (Lipinski definition) is 6. The summed E-state index contributed by atoms with van der Waals surface area (Å²) in [6, 6.07) is 0. The minimum Gasteiger partial charge on any atom is -0.392 e. The van der Waals surface area contributed by atoms with Crippen molar-refractivity contribution in [3.05, 3.63) is 12.2 Å². The fourth-order valence-corrected chi connectivity index (χ4v) is 2.53. The molecule has 3 N–H and O–H groups in total. The van der Waals surface area contributed by atoms with Crippen molar-refractivity contribution in [2.24, 2.45) is 11.8 Å². The lowest BCUT2D eigenvalue weighted by molar-refractivity contribution is -0.140. The van der Waals surface area contributed by atoms with Crippen LogP contribution >= 0.6 is 0 Å². The minimum atomic E-state index is -1.13. The number of Topliss-reactive ketones (excluding diaryl/α,β-unsaturated/α-hetero) is 1. The van der Waals surface area contributed by atoms with Crippen molar-refractivity contribution in [3.63, 3.8) is 0 Å². The molecule has 3 unspecified atom stereocenters. The third kappa shape index (κ3) is 4.72. The fourth-order valence-electron chi connectivity index (χ4n) is 2.53. The second kappa shape index (κ2) is 8.17. The van der Waals surface area contributed by atoms with Crippen LogP contribution < -0.4 is 5.32 Å². The number of carbonyl (C=O) groups excluding carboxylic acids is 3. The maximum atomic E-state index is 12.3. The van der Waals surface area contributed by atoms with Crippen molar-refractivity contribution < 1.29 is 29.3 Å². The Hall–Kier alpha value is -1.57. The summed E-state index contributed by atoms with van der Waals surface area (Å²) < 4.78 is 5.08. The molecule has 0 aromatic rings. The van der Waals surface area contributed by atoms with E-state index in [9.17, 15) is 19.5 Å². The van der Waals surface area contributed by atoms with E-state index in [2.05, 4.69) is 11.9 Å². The number of rotatable bonds is 8. The summed E-state index contributed by atoms with van der Waals surface area (Å²) in [5.41, 5.74) is 0.339. The van der Waals surface area contributed by atoms with Crippen LogP contribution in [0.25, 0.3) is 0 Å². The number of imide groups is 1. The van der Waals surface area contributed by atoms with Crippen molar-refractivity contribution in [3.8, 4) is 0 Å². The van der Waals surface area contributed by atoms with E-state index in [1.165, 1.54) is 7.11 Å². The van der Waals surface area contributed by atoms with Crippen LogP contribution in [0.2, 0.25) is 0 Å². The Kier molecular flexibility index (Phi) is 6.86. The normalized spacial score (nSPS) is 20.2. The summed E-state index contributed by atoms with van der Waals surface area (Å²) in [5.74, 6) is -2.12. The molecule has 0 spiro atoms. The van der Waals surface area contributed by atoms with E-state index in [0.29, 0.717) is 5.57 Å². The van der Waals surface area contributed by atoms with Gasteiger partial charge in [0.25, 0.3) is 0 Å². The molecule has 0 bridgehead atoms. The molecule has 1 heterocycles. The van der Waals surface area contributed by atoms with Gasteiger partial charge in [0.1, 0.15) is 6.10 Å². The van der Waals surface area contributed by atoms with Crippen molar-refractivity contribution in [1.29, 1.82) is 0 Å². The van der Waals surface area contributed by atoms with Gasteiger partial charge in [0.15, 0.2) is 5.78 Å². The van der Waals surface area contributed by atoms with Crippen LogP contribution in [0, 0.1) is 11.8 Å². The van der Waals surface area contributed by atoms with Crippen molar-refractivity contribution in [1.82, 2.24) is 5.32 Å². The predicted octanol–water partition coefficient (Wildman–Crippen LogP) is -0.441. The highest BCUT2D eigenvalue weighted by molar-refractivity contribution is 5.97. The highest BCUT2D eigenvalue weighted by atomic mass is 16.5. The molecule has 0 aromatic heterocycles. The van der Waals surface area contributed by atoms with Gasteiger partial charge in [-0.3, -0.25) is 19.7 Å². The lowest BCUT2D eigenvalue weighted by Gasteiger charge is -2.28. The Morgan fingerprint density at radius 1 is 1.41 bits per heavy atom. The van der Waals surface area contributed by atoms with Gasteiger partial charge in [-0.25, -0.2) is 0 Å². The van der Waals surface area contributed by atoms with Gasteiger partial charge in [-0.15, -0.1) is 0 Å². The van der Waals surface area contributed by atoms with Crippen LogP contribution in [0.4, 0.5) is 0 Å². The summed E-state index contributed by atoms with van der Waals surface area (Å²) >= 11 is 0. The molecule has 7 nitrogen and oxygen atoms in total. The zero-order valence-corrected chi connectivity index (χ0v) is 12.9. The Balaban J connectivity index is 2.69. The van der Waals surface area contributed by atoms with E-state index < -0.39 is 18.1 Å². The monoisotopic (exact) mass is 313 g/mol. The van der Waals surface area contributed by atoms with Crippen molar-refractivity contribution >= 4 is 17.6 Å². The molecule has 1 fully saturated rings. The first-order valence-corrected chi connectivity index (χ1v) is 7.15. The maximum Gasteiger partial charge on any atom is 0.226 e. The summed E-state index contributed by atoms with van der Waals surface area (Å²) in [5, 5.41) is 21.4. The third-order valence-corrected chi connectivity index (χ3v) is 3.93. The molecule has 0 radical (unpaired) electrons. The van der Waals surface area contributed by atoms with Crippen LogP contribution in [0.5, 0.6) is 0 Å². The van der Waals surface area contributed by atoms with Crippen LogP contribution in [-0.4, -0.2) is 53.7 Å².